The highest BCUT2D eigenvalue weighted by Gasteiger charge is 2.21. The number of carbonyl (C=O) groups is 2. The number of rotatable bonds is 6. The van der Waals surface area contributed by atoms with Gasteiger partial charge in [0.2, 0.25) is 5.91 Å². The monoisotopic (exact) mass is 285 g/mol. The van der Waals surface area contributed by atoms with Crippen molar-refractivity contribution in [3.8, 4) is 0 Å². The van der Waals surface area contributed by atoms with Crippen molar-refractivity contribution in [1.82, 2.24) is 15.5 Å². The molecule has 1 aliphatic carbocycles. The summed E-state index contributed by atoms with van der Waals surface area (Å²) in [6.07, 6.45) is 4.24. The van der Waals surface area contributed by atoms with E-state index in [0.717, 1.165) is 25.7 Å². The second-order valence-corrected chi connectivity index (χ2v) is 6.12. The summed E-state index contributed by atoms with van der Waals surface area (Å²) < 4.78 is 0. The molecule has 0 bridgehead atoms. The van der Waals surface area contributed by atoms with E-state index in [-0.39, 0.29) is 18.5 Å². The van der Waals surface area contributed by atoms with Crippen LogP contribution in [-0.4, -0.2) is 53.2 Å². The number of carbonyl (C=O) groups excluding carboxylic acids is 2. The summed E-state index contributed by atoms with van der Waals surface area (Å²) in [6, 6.07) is -0.220. The molecule has 0 unspecified atom stereocenters. The van der Waals surface area contributed by atoms with Crippen LogP contribution in [0.2, 0.25) is 0 Å². The number of nitrogens with zero attached hydrogens (tertiary/aromatic N) is 1. The first-order valence-electron chi connectivity index (χ1n) is 7.35. The summed E-state index contributed by atoms with van der Waals surface area (Å²) in [6.45, 7) is 6.44. The van der Waals surface area contributed by atoms with Crippen molar-refractivity contribution in [2.24, 2.45) is 0 Å². The first-order valence-corrected chi connectivity index (χ1v) is 7.35. The molecule has 0 radical (unpaired) electrons. The molecule has 0 heterocycles. The van der Waals surface area contributed by atoms with Crippen molar-refractivity contribution in [2.75, 3.05) is 19.6 Å². The molecule has 0 aromatic rings. The minimum absolute atomic E-state index is 0.110. The summed E-state index contributed by atoms with van der Waals surface area (Å²) in [5, 5.41) is 14.9. The Morgan fingerprint density at radius 3 is 2.40 bits per heavy atom. The Kier molecular flexibility index (Phi) is 6.42. The van der Waals surface area contributed by atoms with Gasteiger partial charge in [-0.15, -0.1) is 0 Å². The van der Waals surface area contributed by atoms with Gasteiger partial charge in [0.05, 0.1) is 12.1 Å². The van der Waals surface area contributed by atoms with Crippen LogP contribution in [0.4, 0.5) is 4.79 Å². The zero-order chi connectivity index (χ0) is 15.2. The average molecular weight is 285 g/mol. The Hall–Kier alpha value is -1.14. The molecule has 0 saturated heterocycles. The van der Waals surface area contributed by atoms with E-state index in [0.29, 0.717) is 13.1 Å². The Bertz CT molecular complexity index is 333. The van der Waals surface area contributed by atoms with Gasteiger partial charge >= 0.3 is 6.03 Å². The van der Waals surface area contributed by atoms with E-state index in [2.05, 4.69) is 10.6 Å². The summed E-state index contributed by atoms with van der Waals surface area (Å²) >= 11 is 0. The van der Waals surface area contributed by atoms with Crippen LogP contribution >= 0.6 is 0 Å². The quantitative estimate of drug-likeness (QED) is 0.675. The lowest BCUT2D eigenvalue weighted by atomic mass is 10.1. The molecule has 0 aromatic heterocycles. The van der Waals surface area contributed by atoms with Gasteiger partial charge in [-0.2, -0.15) is 0 Å². The van der Waals surface area contributed by atoms with Crippen LogP contribution in [-0.2, 0) is 4.79 Å². The van der Waals surface area contributed by atoms with Crippen molar-refractivity contribution < 1.29 is 14.7 Å². The van der Waals surface area contributed by atoms with Gasteiger partial charge in [-0.3, -0.25) is 15.0 Å². The van der Waals surface area contributed by atoms with E-state index in [9.17, 15) is 14.7 Å². The number of hydrogen-bond donors (Lipinski definition) is 3. The molecule has 6 nitrogen and oxygen atoms in total. The van der Waals surface area contributed by atoms with Gasteiger partial charge in [-0.1, -0.05) is 19.8 Å². The van der Waals surface area contributed by atoms with Gasteiger partial charge in [-0.25, -0.2) is 4.79 Å². The van der Waals surface area contributed by atoms with Crippen molar-refractivity contribution in [1.29, 1.82) is 0 Å². The molecule has 3 amide bonds. The van der Waals surface area contributed by atoms with E-state index >= 15 is 0 Å². The molecule has 116 valence electrons. The van der Waals surface area contributed by atoms with Crippen molar-refractivity contribution in [3.05, 3.63) is 0 Å². The summed E-state index contributed by atoms with van der Waals surface area (Å²) in [5.41, 5.74) is -0.859. The molecule has 1 fully saturated rings. The summed E-state index contributed by atoms with van der Waals surface area (Å²) in [5.74, 6) is -0.341. The Balaban J connectivity index is 2.31. The molecule has 0 atom stereocenters. The van der Waals surface area contributed by atoms with Crippen LogP contribution in [0, 0.1) is 0 Å². The van der Waals surface area contributed by atoms with E-state index in [1.54, 1.807) is 18.7 Å². The molecular weight excluding hydrogens is 258 g/mol. The first-order chi connectivity index (χ1) is 9.30. The van der Waals surface area contributed by atoms with Crippen LogP contribution in [0.3, 0.4) is 0 Å². The van der Waals surface area contributed by atoms with Crippen LogP contribution in [0.15, 0.2) is 0 Å². The largest absolute Gasteiger partial charge is 0.389 e. The van der Waals surface area contributed by atoms with Crippen LogP contribution < -0.4 is 10.6 Å². The normalized spacial score (nSPS) is 16.4. The van der Waals surface area contributed by atoms with Gasteiger partial charge in [0.1, 0.15) is 0 Å². The Labute approximate surface area is 120 Å². The third-order valence-corrected chi connectivity index (χ3v) is 3.37. The number of nitrogens with one attached hydrogen (secondary N) is 2. The fourth-order valence-corrected chi connectivity index (χ4v) is 2.49. The maximum Gasteiger partial charge on any atom is 0.321 e. The fraction of sp³-hybridized carbons (Fsp3) is 0.857. The number of imide groups is 1. The lowest BCUT2D eigenvalue weighted by Crippen LogP contribution is -2.48. The highest BCUT2D eigenvalue weighted by molar-refractivity contribution is 5.95. The highest BCUT2D eigenvalue weighted by atomic mass is 16.3. The topological polar surface area (TPSA) is 81.7 Å². The summed E-state index contributed by atoms with van der Waals surface area (Å²) in [4.78, 5) is 25.2. The molecule has 20 heavy (non-hydrogen) atoms. The fourth-order valence-electron chi connectivity index (χ4n) is 2.49. The average Bonchev–Trinajstić information content (AvgIpc) is 2.78. The maximum atomic E-state index is 11.8. The van der Waals surface area contributed by atoms with Crippen LogP contribution in [0.25, 0.3) is 0 Å². The zero-order valence-electron chi connectivity index (χ0n) is 12.7. The third-order valence-electron chi connectivity index (χ3n) is 3.37. The summed E-state index contributed by atoms with van der Waals surface area (Å²) in [7, 11) is 0. The third kappa shape index (κ3) is 6.86. The molecule has 1 aliphatic rings. The second kappa shape index (κ2) is 7.59. The van der Waals surface area contributed by atoms with Gasteiger partial charge in [-0.05, 0) is 33.2 Å². The standard InChI is InChI=1S/C14H27N3O3/c1-4-17(10-14(2,3)20)9-12(18)16-13(19)15-11-7-5-6-8-11/h11,20H,4-10H2,1-3H3,(H2,15,16,18,19). The van der Waals surface area contributed by atoms with E-state index < -0.39 is 11.6 Å². The van der Waals surface area contributed by atoms with Gasteiger partial charge in [0.25, 0.3) is 0 Å². The number of likely N-dealkylation sites (N-methyl/N-ethyl adjacent to an activating group) is 1. The lowest BCUT2D eigenvalue weighted by molar-refractivity contribution is -0.121. The molecule has 3 N–H and O–H groups in total. The number of hydrogen-bond acceptors (Lipinski definition) is 4. The Morgan fingerprint density at radius 1 is 1.30 bits per heavy atom. The number of aliphatic hydroxyl groups is 1. The van der Waals surface area contributed by atoms with Crippen LogP contribution in [0.1, 0.15) is 46.5 Å². The molecule has 0 spiro atoms. The number of urea groups is 1. The predicted molar refractivity (Wildman–Crippen MR) is 77.3 cm³/mol. The van der Waals surface area contributed by atoms with E-state index in [4.69, 9.17) is 0 Å². The van der Waals surface area contributed by atoms with Gasteiger partial charge in [0.15, 0.2) is 0 Å². The smallest absolute Gasteiger partial charge is 0.321 e. The van der Waals surface area contributed by atoms with E-state index in [1.807, 2.05) is 6.92 Å². The Morgan fingerprint density at radius 2 is 1.90 bits per heavy atom. The maximum absolute atomic E-state index is 11.8. The van der Waals surface area contributed by atoms with Crippen LogP contribution in [0.5, 0.6) is 0 Å². The number of amides is 3. The minimum atomic E-state index is -0.859. The molecule has 6 heteroatoms. The zero-order valence-corrected chi connectivity index (χ0v) is 12.7. The first kappa shape index (κ1) is 16.9. The predicted octanol–water partition coefficient (Wildman–Crippen LogP) is 0.848. The SMILES string of the molecule is CCN(CC(=O)NC(=O)NC1CCCC1)CC(C)(C)O. The highest BCUT2D eigenvalue weighted by Crippen LogP contribution is 2.17. The second-order valence-electron chi connectivity index (χ2n) is 6.12. The lowest BCUT2D eigenvalue weighted by Gasteiger charge is -2.27. The van der Waals surface area contributed by atoms with E-state index in [1.165, 1.54) is 0 Å². The molecule has 1 rings (SSSR count). The molecule has 0 aromatic carbocycles. The van der Waals surface area contributed by atoms with Crippen molar-refractivity contribution in [3.63, 3.8) is 0 Å². The van der Waals surface area contributed by atoms with Gasteiger partial charge < -0.3 is 10.4 Å². The molecule has 1 saturated carbocycles. The molecular formula is C14H27N3O3. The van der Waals surface area contributed by atoms with Crippen molar-refractivity contribution >= 4 is 11.9 Å². The van der Waals surface area contributed by atoms with Crippen molar-refractivity contribution in [2.45, 2.75) is 58.1 Å². The van der Waals surface area contributed by atoms with Gasteiger partial charge in [0, 0.05) is 12.6 Å². The molecule has 0 aliphatic heterocycles. The minimum Gasteiger partial charge on any atom is -0.389 e.